The molecule has 14 heavy (non-hydrogen) atoms. The number of allylic oxidation sites excluding steroid dienone is 1. The maximum atomic E-state index is 5.05. The van der Waals surface area contributed by atoms with Crippen molar-refractivity contribution in [2.24, 2.45) is 0 Å². The van der Waals surface area contributed by atoms with E-state index >= 15 is 0 Å². The fraction of sp³-hybridized carbons (Fsp3) is 0.0833. The molecule has 2 aromatic rings. The van der Waals surface area contributed by atoms with Crippen LogP contribution in [-0.2, 0) is 0 Å². The number of hydrogen-bond donors (Lipinski definition) is 0. The molecule has 0 unspecified atom stereocenters. The van der Waals surface area contributed by atoms with Crippen molar-refractivity contribution in [1.82, 2.24) is 5.16 Å². The van der Waals surface area contributed by atoms with Crippen LogP contribution in [-0.4, -0.2) is 5.16 Å². The third kappa shape index (κ3) is 1.91. The van der Waals surface area contributed by atoms with Gasteiger partial charge in [-0.2, -0.15) is 0 Å². The molecule has 0 atom stereocenters. The summed E-state index contributed by atoms with van der Waals surface area (Å²) in [5, 5.41) is 3.67. The molecule has 0 N–H and O–H groups in total. The van der Waals surface area contributed by atoms with Gasteiger partial charge in [0.2, 0.25) is 0 Å². The first-order valence-corrected chi connectivity index (χ1v) is 4.50. The van der Waals surface area contributed by atoms with Crippen LogP contribution in [0.5, 0.6) is 0 Å². The van der Waals surface area contributed by atoms with Crippen LogP contribution < -0.4 is 0 Å². The third-order valence-corrected chi connectivity index (χ3v) is 2.01. The standard InChI is InChI=1S/C12H11NO/c1-10(12-7-8-13-14-12)9-11-5-3-2-4-6-11/h2-9H,1H3. The van der Waals surface area contributed by atoms with Gasteiger partial charge >= 0.3 is 0 Å². The average Bonchev–Trinajstić information content (AvgIpc) is 2.72. The Balaban J connectivity index is 2.28. The van der Waals surface area contributed by atoms with E-state index in [-0.39, 0.29) is 0 Å². The van der Waals surface area contributed by atoms with Crippen molar-refractivity contribution in [3.8, 4) is 0 Å². The second-order valence-electron chi connectivity index (χ2n) is 3.11. The number of hydrogen-bond acceptors (Lipinski definition) is 2. The minimum atomic E-state index is 0.814. The highest BCUT2D eigenvalue weighted by Gasteiger charge is 1.98. The van der Waals surface area contributed by atoms with Crippen LogP contribution in [0.3, 0.4) is 0 Å². The van der Waals surface area contributed by atoms with Gasteiger partial charge in [-0.15, -0.1) is 0 Å². The van der Waals surface area contributed by atoms with E-state index in [1.54, 1.807) is 6.20 Å². The predicted octanol–water partition coefficient (Wildman–Crippen LogP) is 3.24. The molecule has 70 valence electrons. The number of rotatable bonds is 2. The normalized spacial score (nSPS) is 11.6. The van der Waals surface area contributed by atoms with Gasteiger partial charge in [0.05, 0.1) is 6.20 Å². The lowest BCUT2D eigenvalue weighted by Gasteiger charge is -1.95. The summed E-state index contributed by atoms with van der Waals surface area (Å²) in [6, 6.07) is 12.0. The lowest BCUT2D eigenvalue weighted by atomic mass is 10.1. The second-order valence-corrected chi connectivity index (χ2v) is 3.11. The van der Waals surface area contributed by atoms with Gasteiger partial charge in [-0.05, 0) is 24.1 Å². The van der Waals surface area contributed by atoms with Gasteiger partial charge < -0.3 is 4.52 Å². The number of aromatic nitrogens is 1. The Bertz CT molecular complexity index is 415. The Morgan fingerprint density at radius 1 is 1.21 bits per heavy atom. The van der Waals surface area contributed by atoms with Gasteiger partial charge in [0, 0.05) is 6.07 Å². The Morgan fingerprint density at radius 2 is 2.00 bits per heavy atom. The Hall–Kier alpha value is -1.83. The predicted molar refractivity (Wildman–Crippen MR) is 56.5 cm³/mol. The van der Waals surface area contributed by atoms with Crippen molar-refractivity contribution in [1.29, 1.82) is 0 Å². The smallest absolute Gasteiger partial charge is 0.162 e. The molecule has 0 aliphatic heterocycles. The highest BCUT2D eigenvalue weighted by atomic mass is 16.5. The van der Waals surface area contributed by atoms with Gasteiger partial charge in [0.1, 0.15) is 0 Å². The summed E-state index contributed by atoms with van der Waals surface area (Å²) in [6.07, 6.45) is 3.72. The zero-order chi connectivity index (χ0) is 9.80. The first kappa shape index (κ1) is 8.75. The quantitative estimate of drug-likeness (QED) is 0.717. The van der Waals surface area contributed by atoms with Crippen LogP contribution in [0, 0.1) is 0 Å². The summed E-state index contributed by atoms with van der Waals surface area (Å²) in [4.78, 5) is 0. The molecule has 0 saturated heterocycles. The summed E-state index contributed by atoms with van der Waals surface area (Å²) < 4.78 is 5.05. The van der Waals surface area contributed by atoms with Gasteiger partial charge in [0.25, 0.3) is 0 Å². The SMILES string of the molecule is CC(=Cc1ccccc1)c1ccno1. The molecular weight excluding hydrogens is 174 g/mol. The molecule has 0 amide bonds. The van der Waals surface area contributed by atoms with Crippen LogP contribution in [0.25, 0.3) is 11.6 Å². The molecule has 2 heteroatoms. The molecule has 0 fully saturated rings. The molecule has 0 radical (unpaired) electrons. The number of nitrogens with zero attached hydrogens (tertiary/aromatic N) is 1. The lowest BCUT2D eigenvalue weighted by molar-refractivity contribution is 0.410. The molecule has 1 aromatic heterocycles. The molecule has 1 heterocycles. The van der Waals surface area contributed by atoms with E-state index in [0.717, 1.165) is 11.3 Å². The summed E-state index contributed by atoms with van der Waals surface area (Å²) in [6.45, 7) is 2.01. The lowest BCUT2D eigenvalue weighted by Crippen LogP contribution is -1.75. The van der Waals surface area contributed by atoms with Crippen molar-refractivity contribution in [2.45, 2.75) is 6.92 Å². The van der Waals surface area contributed by atoms with E-state index in [4.69, 9.17) is 4.52 Å². The minimum Gasteiger partial charge on any atom is -0.357 e. The highest BCUT2D eigenvalue weighted by molar-refractivity contribution is 5.77. The summed E-state index contributed by atoms with van der Waals surface area (Å²) in [5.41, 5.74) is 2.25. The topological polar surface area (TPSA) is 26.0 Å². The van der Waals surface area contributed by atoms with Gasteiger partial charge in [-0.1, -0.05) is 35.5 Å². The first-order chi connectivity index (χ1) is 6.86. The fourth-order valence-corrected chi connectivity index (χ4v) is 1.29. The van der Waals surface area contributed by atoms with Crippen LogP contribution in [0.15, 0.2) is 47.1 Å². The minimum absolute atomic E-state index is 0.814. The summed E-state index contributed by atoms with van der Waals surface area (Å²) in [5.74, 6) is 0.814. The van der Waals surface area contributed by atoms with Crippen molar-refractivity contribution in [3.05, 3.63) is 53.9 Å². The average molecular weight is 185 g/mol. The van der Waals surface area contributed by atoms with Gasteiger partial charge in [0.15, 0.2) is 5.76 Å². The third-order valence-electron chi connectivity index (χ3n) is 2.01. The Morgan fingerprint density at radius 3 is 2.64 bits per heavy atom. The first-order valence-electron chi connectivity index (χ1n) is 4.50. The molecule has 1 aromatic carbocycles. The molecule has 0 spiro atoms. The largest absolute Gasteiger partial charge is 0.357 e. The van der Waals surface area contributed by atoms with Crippen molar-refractivity contribution in [3.63, 3.8) is 0 Å². The van der Waals surface area contributed by atoms with Crippen molar-refractivity contribution >= 4 is 11.6 Å². The maximum absolute atomic E-state index is 5.05. The van der Waals surface area contributed by atoms with Gasteiger partial charge in [-0.25, -0.2) is 0 Å². The van der Waals surface area contributed by atoms with Crippen LogP contribution >= 0.6 is 0 Å². The van der Waals surface area contributed by atoms with E-state index in [1.807, 2.05) is 31.2 Å². The maximum Gasteiger partial charge on any atom is 0.162 e. The molecule has 0 bridgehead atoms. The summed E-state index contributed by atoms with van der Waals surface area (Å²) in [7, 11) is 0. The molecule has 2 nitrogen and oxygen atoms in total. The van der Waals surface area contributed by atoms with Crippen molar-refractivity contribution in [2.75, 3.05) is 0 Å². The molecule has 0 aliphatic carbocycles. The number of benzene rings is 1. The van der Waals surface area contributed by atoms with E-state index in [0.29, 0.717) is 0 Å². The molecule has 0 saturated carbocycles. The zero-order valence-electron chi connectivity index (χ0n) is 7.97. The Kier molecular flexibility index (Phi) is 2.45. The molecule has 2 rings (SSSR count). The van der Waals surface area contributed by atoms with Crippen LogP contribution in [0.4, 0.5) is 0 Å². The van der Waals surface area contributed by atoms with Crippen LogP contribution in [0.1, 0.15) is 18.2 Å². The monoisotopic (exact) mass is 185 g/mol. The van der Waals surface area contributed by atoms with E-state index in [1.165, 1.54) is 5.56 Å². The zero-order valence-corrected chi connectivity index (χ0v) is 7.97. The second kappa shape index (κ2) is 3.92. The molecule has 0 aliphatic rings. The van der Waals surface area contributed by atoms with E-state index in [9.17, 15) is 0 Å². The summed E-state index contributed by atoms with van der Waals surface area (Å²) >= 11 is 0. The molecular formula is C12H11NO. The van der Waals surface area contributed by atoms with E-state index in [2.05, 4.69) is 23.4 Å². The van der Waals surface area contributed by atoms with Crippen molar-refractivity contribution < 1.29 is 4.52 Å². The van der Waals surface area contributed by atoms with Crippen LogP contribution in [0.2, 0.25) is 0 Å². The Labute approximate surface area is 82.9 Å². The fourth-order valence-electron chi connectivity index (χ4n) is 1.29. The van der Waals surface area contributed by atoms with Gasteiger partial charge in [-0.3, -0.25) is 0 Å². The van der Waals surface area contributed by atoms with E-state index < -0.39 is 0 Å². The highest BCUT2D eigenvalue weighted by Crippen LogP contribution is 2.16.